The highest BCUT2D eigenvalue weighted by Gasteiger charge is 2.09. The van der Waals surface area contributed by atoms with Gasteiger partial charge in [0.05, 0.1) is 25.3 Å². The van der Waals surface area contributed by atoms with Gasteiger partial charge in [-0.2, -0.15) is 0 Å². The van der Waals surface area contributed by atoms with Gasteiger partial charge in [0, 0.05) is 18.3 Å². The maximum absolute atomic E-state index is 11.3. The molecule has 0 atom stereocenters. The Bertz CT molecular complexity index is 470. The SMILES string of the molecule is COC(=O)C#Cc1cnccc1C(=O)OC. The van der Waals surface area contributed by atoms with Gasteiger partial charge >= 0.3 is 11.9 Å². The van der Waals surface area contributed by atoms with Gasteiger partial charge in [-0.15, -0.1) is 0 Å². The Morgan fingerprint density at radius 2 is 2.06 bits per heavy atom. The smallest absolute Gasteiger partial charge is 0.384 e. The molecule has 1 rings (SSSR count). The molecule has 82 valence electrons. The molecule has 0 aromatic carbocycles. The molecule has 0 amide bonds. The van der Waals surface area contributed by atoms with Crippen LogP contribution in [0.4, 0.5) is 0 Å². The van der Waals surface area contributed by atoms with Gasteiger partial charge in [0.25, 0.3) is 0 Å². The number of hydrogen-bond acceptors (Lipinski definition) is 5. The summed E-state index contributed by atoms with van der Waals surface area (Å²) in [5.41, 5.74) is 0.577. The van der Waals surface area contributed by atoms with Gasteiger partial charge in [-0.05, 0) is 6.07 Å². The van der Waals surface area contributed by atoms with E-state index in [1.54, 1.807) is 0 Å². The van der Waals surface area contributed by atoms with Crippen LogP contribution in [0.3, 0.4) is 0 Å². The van der Waals surface area contributed by atoms with Gasteiger partial charge in [-0.3, -0.25) is 4.98 Å². The molecule has 1 heterocycles. The number of methoxy groups -OCH3 is 2. The van der Waals surface area contributed by atoms with Crippen molar-refractivity contribution in [1.29, 1.82) is 0 Å². The average molecular weight is 219 g/mol. The van der Waals surface area contributed by atoms with Crippen LogP contribution in [0.25, 0.3) is 0 Å². The minimum atomic E-state index is -0.681. The summed E-state index contributed by atoms with van der Waals surface area (Å²) in [6, 6.07) is 1.47. The molecule has 0 saturated heterocycles. The predicted octanol–water partition coefficient (Wildman–Crippen LogP) is 0.393. The molecule has 0 N–H and O–H groups in total. The van der Waals surface area contributed by atoms with Crippen molar-refractivity contribution in [3.8, 4) is 11.8 Å². The van der Waals surface area contributed by atoms with E-state index in [0.717, 1.165) is 0 Å². The van der Waals surface area contributed by atoms with E-state index in [0.29, 0.717) is 5.56 Å². The fourth-order valence-electron chi connectivity index (χ4n) is 0.951. The van der Waals surface area contributed by atoms with E-state index in [1.807, 2.05) is 0 Å². The minimum Gasteiger partial charge on any atom is -0.465 e. The van der Waals surface area contributed by atoms with E-state index in [4.69, 9.17) is 0 Å². The Morgan fingerprint density at radius 1 is 1.31 bits per heavy atom. The second-order valence-corrected chi connectivity index (χ2v) is 2.65. The molecular formula is C11H9NO4. The molecule has 5 nitrogen and oxygen atoms in total. The molecule has 0 spiro atoms. The van der Waals surface area contributed by atoms with Crippen LogP contribution in [-0.2, 0) is 14.3 Å². The van der Waals surface area contributed by atoms with Crippen molar-refractivity contribution < 1.29 is 19.1 Å². The monoisotopic (exact) mass is 219 g/mol. The lowest BCUT2D eigenvalue weighted by atomic mass is 10.1. The van der Waals surface area contributed by atoms with Crippen LogP contribution in [0.5, 0.6) is 0 Å². The Labute approximate surface area is 92.4 Å². The summed E-state index contributed by atoms with van der Waals surface area (Å²) in [5.74, 6) is 3.49. The molecular weight excluding hydrogens is 210 g/mol. The summed E-state index contributed by atoms with van der Waals surface area (Å²) in [6.07, 6.45) is 2.82. The number of carbonyl (C=O) groups is 2. The molecule has 0 fully saturated rings. The van der Waals surface area contributed by atoms with Gasteiger partial charge < -0.3 is 9.47 Å². The minimum absolute atomic E-state index is 0.258. The fourth-order valence-corrected chi connectivity index (χ4v) is 0.951. The number of nitrogens with zero attached hydrogens (tertiary/aromatic N) is 1. The number of esters is 2. The summed E-state index contributed by atoms with van der Waals surface area (Å²) in [7, 11) is 2.49. The first kappa shape index (κ1) is 11.7. The van der Waals surface area contributed by atoms with Crippen molar-refractivity contribution >= 4 is 11.9 Å². The maximum atomic E-state index is 11.3. The molecule has 0 bridgehead atoms. The number of aromatic nitrogens is 1. The third kappa shape index (κ3) is 2.82. The van der Waals surface area contributed by atoms with Crippen molar-refractivity contribution in [2.75, 3.05) is 14.2 Å². The lowest BCUT2D eigenvalue weighted by Crippen LogP contribution is -2.04. The summed E-state index contributed by atoms with van der Waals surface area (Å²) < 4.78 is 8.91. The molecule has 16 heavy (non-hydrogen) atoms. The molecule has 1 aromatic rings. The van der Waals surface area contributed by atoms with Crippen LogP contribution < -0.4 is 0 Å². The second kappa shape index (κ2) is 5.51. The van der Waals surface area contributed by atoms with E-state index in [9.17, 15) is 9.59 Å². The largest absolute Gasteiger partial charge is 0.465 e. The highest BCUT2D eigenvalue weighted by molar-refractivity contribution is 5.94. The summed E-state index contributed by atoms with van der Waals surface area (Å²) in [5, 5.41) is 0. The summed E-state index contributed by atoms with van der Waals surface area (Å²) in [4.78, 5) is 25.9. The predicted molar refractivity (Wildman–Crippen MR) is 54.5 cm³/mol. The quantitative estimate of drug-likeness (QED) is 0.505. The van der Waals surface area contributed by atoms with E-state index >= 15 is 0 Å². The molecule has 0 unspecified atom stereocenters. The van der Waals surface area contributed by atoms with Crippen molar-refractivity contribution in [1.82, 2.24) is 4.98 Å². The number of carbonyl (C=O) groups excluding carboxylic acids is 2. The lowest BCUT2D eigenvalue weighted by Gasteiger charge is -2.00. The zero-order chi connectivity index (χ0) is 12.0. The second-order valence-electron chi connectivity index (χ2n) is 2.65. The molecule has 0 saturated carbocycles. The number of pyridine rings is 1. The van der Waals surface area contributed by atoms with Gasteiger partial charge in [0.15, 0.2) is 0 Å². The third-order valence-corrected chi connectivity index (χ3v) is 1.71. The van der Waals surface area contributed by atoms with Crippen LogP contribution in [0.2, 0.25) is 0 Å². The number of rotatable bonds is 1. The Balaban J connectivity index is 3.07. The van der Waals surface area contributed by atoms with E-state index in [2.05, 4.69) is 26.3 Å². The maximum Gasteiger partial charge on any atom is 0.384 e. The van der Waals surface area contributed by atoms with Gasteiger partial charge in [0.1, 0.15) is 0 Å². The van der Waals surface area contributed by atoms with Crippen LogP contribution in [-0.4, -0.2) is 31.1 Å². The molecule has 0 aliphatic carbocycles. The van der Waals surface area contributed by atoms with E-state index < -0.39 is 11.9 Å². The van der Waals surface area contributed by atoms with E-state index in [1.165, 1.54) is 32.7 Å². The zero-order valence-corrected chi connectivity index (χ0v) is 8.81. The third-order valence-electron chi connectivity index (χ3n) is 1.71. The first-order valence-electron chi connectivity index (χ1n) is 4.31. The van der Waals surface area contributed by atoms with E-state index in [-0.39, 0.29) is 5.56 Å². The first-order chi connectivity index (χ1) is 7.69. The van der Waals surface area contributed by atoms with Gasteiger partial charge in [-0.1, -0.05) is 5.92 Å². The van der Waals surface area contributed by atoms with Crippen molar-refractivity contribution in [2.24, 2.45) is 0 Å². The van der Waals surface area contributed by atoms with Crippen LogP contribution in [0.15, 0.2) is 18.5 Å². The normalized spacial score (nSPS) is 8.62. The number of hydrogen-bond donors (Lipinski definition) is 0. The molecule has 5 heteroatoms. The molecule has 0 radical (unpaired) electrons. The average Bonchev–Trinajstić information content (AvgIpc) is 2.35. The Hall–Kier alpha value is -2.35. The first-order valence-corrected chi connectivity index (χ1v) is 4.31. The Kier molecular flexibility index (Phi) is 4.04. The molecule has 1 aromatic heterocycles. The van der Waals surface area contributed by atoms with Crippen LogP contribution in [0, 0.1) is 11.8 Å². The van der Waals surface area contributed by atoms with Gasteiger partial charge in [0.2, 0.25) is 0 Å². The topological polar surface area (TPSA) is 65.5 Å². The fraction of sp³-hybridized carbons (Fsp3) is 0.182. The zero-order valence-electron chi connectivity index (χ0n) is 8.81. The standard InChI is InChI=1S/C11H9NO4/c1-15-10(13)4-3-8-7-12-6-5-9(8)11(14)16-2/h5-7H,1-2H3. The van der Waals surface area contributed by atoms with Gasteiger partial charge in [-0.25, -0.2) is 9.59 Å². The van der Waals surface area contributed by atoms with Crippen LogP contribution >= 0.6 is 0 Å². The highest BCUT2D eigenvalue weighted by atomic mass is 16.5. The summed E-state index contributed by atoms with van der Waals surface area (Å²) >= 11 is 0. The molecule has 0 aliphatic rings. The lowest BCUT2D eigenvalue weighted by molar-refractivity contribution is -0.133. The summed E-state index contributed by atoms with van der Waals surface area (Å²) in [6.45, 7) is 0. The highest BCUT2D eigenvalue weighted by Crippen LogP contribution is 2.06. The van der Waals surface area contributed by atoms with Crippen molar-refractivity contribution in [3.63, 3.8) is 0 Å². The number of ether oxygens (including phenoxy) is 2. The van der Waals surface area contributed by atoms with Crippen LogP contribution in [0.1, 0.15) is 15.9 Å². The van der Waals surface area contributed by atoms with Crippen molar-refractivity contribution in [2.45, 2.75) is 0 Å². The molecule has 0 aliphatic heterocycles. The Morgan fingerprint density at radius 3 is 2.69 bits per heavy atom. The van der Waals surface area contributed by atoms with Crippen molar-refractivity contribution in [3.05, 3.63) is 29.6 Å².